The number of esters is 3. The summed E-state index contributed by atoms with van der Waals surface area (Å²) in [4.78, 5) is 53.4. The van der Waals surface area contributed by atoms with Gasteiger partial charge in [0.15, 0.2) is 0 Å². The molecule has 1 heterocycles. The molecule has 11 heteroatoms. The third-order valence-corrected chi connectivity index (χ3v) is 17.7. The second kappa shape index (κ2) is 54.3. The van der Waals surface area contributed by atoms with Crippen molar-refractivity contribution in [1.82, 2.24) is 15.0 Å². The molecule has 0 aliphatic rings. The van der Waals surface area contributed by atoms with E-state index in [-0.39, 0.29) is 17.9 Å². The number of nitrogens with one attached hydrogen (secondary N) is 2. The highest BCUT2D eigenvalue weighted by Crippen LogP contribution is 2.23. The lowest BCUT2D eigenvalue weighted by molar-refractivity contribution is 0.0488. The van der Waals surface area contributed by atoms with Crippen LogP contribution in [0.3, 0.4) is 0 Å². The van der Waals surface area contributed by atoms with E-state index in [4.69, 9.17) is 29.2 Å². The van der Waals surface area contributed by atoms with Crippen molar-refractivity contribution in [1.29, 1.82) is 0 Å². The second-order valence-electron chi connectivity index (χ2n) is 26.0. The lowest BCUT2D eigenvalue weighted by Gasteiger charge is -2.12. The molecule has 0 amide bonds. The third-order valence-electron chi connectivity index (χ3n) is 17.7. The van der Waals surface area contributed by atoms with Crippen LogP contribution in [0.15, 0.2) is 72.8 Å². The first-order valence-corrected chi connectivity index (χ1v) is 37.5. The molecule has 4 rings (SSSR count). The minimum Gasteiger partial charge on any atom is -0.462 e. The summed E-state index contributed by atoms with van der Waals surface area (Å²) in [6.45, 7) is 8.10. The van der Waals surface area contributed by atoms with Crippen LogP contribution in [-0.2, 0) is 20.6 Å². The van der Waals surface area contributed by atoms with Crippen LogP contribution in [0.4, 0.5) is 23.3 Å². The Morgan fingerprint density at radius 1 is 0.278 bits per heavy atom. The van der Waals surface area contributed by atoms with Gasteiger partial charge in [-0.3, -0.25) is 0 Å². The first kappa shape index (κ1) is 77.1. The summed E-state index contributed by atoms with van der Waals surface area (Å²) in [5, 5.41) is 6.62. The fourth-order valence-electron chi connectivity index (χ4n) is 11.9. The highest BCUT2D eigenvalue weighted by molar-refractivity contribution is 5.91. The van der Waals surface area contributed by atoms with Crippen LogP contribution >= 0.6 is 0 Å². The van der Waals surface area contributed by atoms with Crippen molar-refractivity contribution in [3.05, 3.63) is 101 Å². The number of unbranched alkanes of at least 4 members (excludes halogenated alkanes) is 45. The SMILES string of the molecule is CCCCCCCCCCCCCCCCCCOC(=O)c1ccc(Cc2nc(Nc3ccc(C(=O)OCCCCCCCCCCCCCCCCCC)cc3)nc(Nc3ccc(C(=O)OCCCCCCCCCCCCCCCCCC)cc3)n2)cc1. The Kier molecular flexibility index (Phi) is 46.5. The zero-order chi connectivity index (χ0) is 63.8. The predicted octanol–water partition coefficient (Wildman–Crippen LogP) is 24.2. The Labute approximate surface area is 548 Å². The van der Waals surface area contributed by atoms with E-state index in [0.717, 1.165) is 44.1 Å². The van der Waals surface area contributed by atoms with Crippen LogP contribution < -0.4 is 10.6 Å². The number of benzene rings is 3. The van der Waals surface area contributed by atoms with Gasteiger partial charge in [0.05, 0.1) is 36.5 Å². The molecule has 3 aromatic carbocycles. The molecule has 0 spiro atoms. The molecule has 4 aromatic rings. The normalized spacial score (nSPS) is 11.3. The molecule has 90 heavy (non-hydrogen) atoms. The lowest BCUT2D eigenvalue weighted by atomic mass is 10.0. The number of anilines is 4. The number of carbonyl (C=O) groups excluding carboxylic acids is 3. The van der Waals surface area contributed by atoms with Gasteiger partial charge in [-0.25, -0.2) is 14.4 Å². The molecule has 504 valence electrons. The molecule has 0 atom stereocenters. The number of ether oxygens (including phenoxy) is 3. The van der Waals surface area contributed by atoms with Gasteiger partial charge in [0, 0.05) is 17.8 Å². The van der Waals surface area contributed by atoms with E-state index in [1.807, 2.05) is 36.4 Å². The quantitative estimate of drug-likeness (QED) is 0.0248. The van der Waals surface area contributed by atoms with Crippen molar-refractivity contribution in [3.63, 3.8) is 0 Å². The number of carbonyl (C=O) groups is 3. The molecular formula is C79H127N5O6. The van der Waals surface area contributed by atoms with Gasteiger partial charge in [-0.1, -0.05) is 322 Å². The maximum atomic E-state index is 13.0. The highest BCUT2D eigenvalue weighted by atomic mass is 16.5. The fourth-order valence-corrected chi connectivity index (χ4v) is 11.9. The van der Waals surface area contributed by atoms with E-state index in [2.05, 4.69) is 31.4 Å². The standard InChI is InChI=1S/C79H127N5O6/c1-4-7-10-13-16-19-22-25-28-31-34-37-40-43-46-49-64-88-75(85)69-54-52-68(53-55-69)67-74-82-78(80-72-60-56-70(57-61-72)76(86)89-65-50-47-44-41-38-35-32-29-26-23-20-17-14-11-8-5-2)84-79(83-74)81-73-62-58-71(59-63-73)77(87)90-66-51-48-45-42-39-36-33-30-27-24-21-18-15-12-9-6-3/h52-63H,4-51,64-67H2,1-3H3,(H2,80,81,82,83,84). The van der Waals surface area contributed by atoms with Crippen molar-refractivity contribution < 1.29 is 28.6 Å². The van der Waals surface area contributed by atoms with Gasteiger partial charge in [-0.05, 0) is 85.5 Å². The second-order valence-corrected chi connectivity index (χ2v) is 26.0. The smallest absolute Gasteiger partial charge is 0.338 e. The van der Waals surface area contributed by atoms with Gasteiger partial charge in [0.1, 0.15) is 5.82 Å². The number of aromatic nitrogens is 3. The van der Waals surface area contributed by atoms with Crippen molar-refractivity contribution >= 4 is 41.2 Å². The Balaban J connectivity index is 1.21. The summed E-state index contributed by atoms with van der Waals surface area (Å²) in [7, 11) is 0. The first-order chi connectivity index (χ1) is 44.4. The Morgan fingerprint density at radius 2 is 0.489 bits per heavy atom. The van der Waals surface area contributed by atoms with Gasteiger partial charge in [0.25, 0.3) is 0 Å². The van der Waals surface area contributed by atoms with Crippen LogP contribution in [0.25, 0.3) is 0 Å². The Hall–Kier alpha value is -5.32. The van der Waals surface area contributed by atoms with Gasteiger partial charge < -0.3 is 24.8 Å². The van der Waals surface area contributed by atoms with E-state index >= 15 is 0 Å². The van der Waals surface area contributed by atoms with Crippen molar-refractivity contribution in [2.45, 2.75) is 335 Å². The molecule has 0 aliphatic carbocycles. The molecule has 11 nitrogen and oxygen atoms in total. The average molecular weight is 1240 g/mol. The largest absolute Gasteiger partial charge is 0.462 e. The van der Waals surface area contributed by atoms with E-state index in [0.29, 0.717) is 72.0 Å². The molecule has 0 saturated carbocycles. The molecule has 0 radical (unpaired) electrons. The number of rotatable bonds is 60. The Morgan fingerprint density at radius 3 is 0.722 bits per heavy atom. The third kappa shape index (κ3) is 39.8. The Bertz CT molecular complexity index is 2090. The lowest BCUT2D eigenvalue weighted by Crippen LogP contribution is -2.09. The van der Waals surface area contributed by atoms with E-state index in [1.54, 1.807) is 36.4 Å². The summed E-state index contributed by atoms with van der Waals surface area (Å²) in [6.07, 6.45) is 62.8. The molecule has 0 aliphatic heterocycles. The zero-order valence-corrected chi connectivity index (χ0v) is 57.5. The topological polar surface area (TPSA) is 142 Å². The monoisotopic (exact) mass is 1240 g/mol. The average Bonchev–Trinajstić information content (AvgIpc) is 3.37. The van der Waals surface area contributed by atoms with Crippen LogP contribution in [-0.4, -0.2) is 52.7 Å². The van der Waals surface area contributed by atoms with Gasteiger partial charge in [0.2, 0.25) is 11.9 Å². The highest BCUT2D eigenvalue weighted by Gasteiger charge is 2.14. The predicted molar refractivity (Wildman–Crippen MR) is 378 cm³/mol. The maximum Gasteiger partial charge on any atom is 0.338 e. The zero-order valence-electron chi connectivity index (χ0n) is 57.5. The first-order valence-electron chi connectivity index (χ1n) is 37.5. The molecule has 0 fully saturated rings. The van der Waals surface area contributed by atoms with Crippen LogP contribution in [0.1, 0.15) is 371 Å². The van der Waals surface area contributed by atoms with Crippen LogP contribution in [0.2, 0.25) is 0 Å². The summed E-state index contributed by atoms with van der Waals surface area (Å²) < 4.78 is 17.0. The molecule has 0 saturated heterocycles. The van der Waals surface area contributed by atoms with E-state index in [1.165, 1.54) is 270 Å². The molecule has 1 aromatic heterocycles. The summed E-state index contributed by atoms with van der Waals surface area (Å²) in [5.74, 6) is 0.138. The summed E-state index contributed by atoms with van der Waals surface area (Å²) in [6, 6.07) is 21.7. The van der Waals surface area contributed by atoms with Crippen LogP contribution in [0.5, 0.6) is 0 Å². The number of nitrogens with zero attached hydrogens (tertiary/aromatic N) is 3. The molecular weight excluding hydrogens is 1110 g/mol. The van der Waals surface area contributed by atoms with E-state index in [9.17, 15) is 14.4 Å². The summed E-state index contributed by atoms with van der Waals surface area (Å²) in [5.41, 5.74) is 3.77. The number of hydrogen-bond donors (Lipinski definition) is 2. The van der Waals surface area contributed by atoms with Crippen molar-refractivity contribution in [2.24, 2.45) is 0 Å². The maximum absolute atomic E-state index is 13.0. The summed E-state index contributed by atoms with van der Waals surface area (Å²) >= 11 is 0. The minimum atomic E-state index is -0.333. The van der Waals surface area contributed by atoms with Gasteiger partial charge in [-0.15, -0.1) is 0 Å². The van der Waals surface area contributed by atoms with Crippen molar-refractivity contribution in [2.75, 3.05) is 30.5 Å². The number of hydrogen-bond acceptors (Lipinski definition) is 11. The van der Waals surface area contributed by atoms with Gasteiger partial charge in [-0.2, -0.15) is 15.0 Å². The van der Waals surface area contributed by atoms with Crippen molar-refractivity contribution in [3.8, 4) is 0 Å². The molecule has 0 unspecified atom stereocenters. The fraction of sp³-hybridized carbons (Fsp3) is 0.696. The van der Waals surface area contributed by atoms with Crippen LogP contribution in [0, 0.1) is 0 Å². The minimum absolute atomic E-state index is 0.310. The molecule has 2 N–H and O–H groups in total. The van der Waals surface area contributed by atoms with Gasteiger partial charge >= 0.3 is 17.9 Å². The van der Waals surface area contributed by atoms with E-state index < -0.39 is 0 Å². The molecule has 0 bridgehead atoms.